The molecule has 1 aromatic carbocycles. The number of phenolic OH excluding ortho intramolecular Hbond substituents is 1. The average molecular weight is 403 g/mol. The average Bonchev–Trinajstić information content (AvgIpc) is 2.96. The SMILES string of the molecule is Oc1cc(C(F)(F)F)ccc1-c1nnc(NC2CCCNCC2)c2cnccc12. The molecule has 9 heteroatoms. The van der Waals surface area contributed by atoms with Crippen LogP contribution in [0.1, 0.15) is 24.8 Å². The number of aromatic hydroxyl groups is 1. The van der Waals surface area contributed by atoms with Crippen molar-refractivity contribution in [3.63, 3.8) is 0 Å². The molecule has 1 atom stereocenters. The van der Waals surface area contributed by atoms with Gasteiger partial charge in [0.1, 0.15) is 11.4 Å². The van der Waals surface area contributed by atoms with Crippen LogP contribution in [0.3, 0.4) is 0 Å². The van der Waals surface area contributed by atoms with Crippen LogP contribution in [-0.2, 0) is 6.18 Å². The zero-order valence-electron chi connectivity index (χ0n) is 15.5. The van der Waals surface area contributed by atoms with Crippen molar-refractivity contribution >= 4 is 16.6 Å². The highest BCUT2D eigenvalue weighted by Crippen LogP contribution is 2.38. The lowest BCUT2D eigenvalue weighted by molar-refractivity contribution is -0.137. The molecule has 0 radical (unpaired) electrons. The van der Waals surface area contributed by atoms with Gasteiger partial charge >= 0.3 is 6.18 Å². The summed E-state index contributed by atoms with van der Waals surface area (Å²) in [6.45, 7) is 1.90. The topological polar surface area (TPSA) is 83.0 Å². The molecule has 0 amide bonds. The maximum Gasteiger partial charge on any atom is 0.416 e. The minimum atomic E-state index is -4.53. The molecule has 0 saturated carbocycles. The second kappa shape index (κ2) is 7.82. The number of alkyl halides is 3. The zero-order chi connectivity index (χ0) is 20.4. The summed E-state index contributed by atoms with van der Waals surface area (Å²) in [4.78, 5) is 4.16. The zero-order valence-corrected chi connectivity index (χ0v) is 15.5. The molecule has 1 fully saturated rings. The molecule has 3 N–H and O–H groups in total. The fourth-order valence-electron chi connectivity index (χ4n) is 3.57. The molecule has 3 aromatic rings. The van der Waals surface area contributed by atoms with E-state index in [4.69, 9.17) is 0 Å². The number of hydrogen-bond donors (Lipinski definition) is 3. The van der Waals surface area contributed by atoms with Gasteiger partial charge in [0.25, 0.3) is 0 Å². The van der Waals surface area contributed by atoms with Crippen LogP contribution in [0, 0.1) is 0 Å². The summed E-state index contributed by atoms with van der Waals surface area (Å²) < 4.78 is 38.7. The number of phenols is 1. The Morgan fingerprint density at radius 1 is 1.07 bits per heavy atom. The van der Waals surface area contributed by atoms with Crippen molar-refractivity contribution < 1.29 is 18.3 Å². The number of pyridine rings is 1. The number of nitrogens with zero attached hydrogens (tertiary/aromatic N) is 3. The first kappa shape index (κ1) is 19.4. The molecule has 0 aliphatic carbocycles. The van der Waals surface area contributed by atoms with Gasteiger partial charge in [-0.15, -0.1) is 10.2 Å². The Morgan fingerprint density at radius 2 is 1.93 bits per heavy atom. The van der Waals surface area contributed by atoms with Crippen LogP contribution in [-0.4, -0.2) is 39.4 Å². The van der Waals surface area contributed by atoms with Crippen LogP contribution in [0.2, 0.25) is 0 Å². The summed E-state index contributed by atoms with van der Waals surface area (Å²) >= 11 is 0. The molecule has 1 unspecified atom stereocenters. The van der Waals surface area contributed by atoms with E-state index in [1.807, 2.05) is 0 Å². The van der Waals surface area contributed by atoms with E-state index in [-0.39, 0.29) is 11.6 Å². The lowest BCUT2D eigenvalue weighted by Crippen LogP contribution is -2.22. The highest BCUT2D eigenvalue weighted by molar-refractivity contribution is 6.00. The summed E-state index contributed by atoms with van der Waals surface area (Å²) in [5, 5.41) is 26.8. The molecule has 6 nitrogen and oxygen atoms in total. The Balaban J connectivity index is 1.74. The third kappa shape index (κ3) is 4.09. The largest absolute Gasteiger partial charge is 0.507 e. The van der Waals surface area contributed by atoms with Gasteiger partial charge in [0, 0.05) is 34.8 Å². The number of aromatic nitrogens is 3. The number of nitrogens with one attached hydrogen (secondary N) is 2. The van der Waals surface area contributed by atoms with Gasteiger partial charge < -0.3 is 15.7 Å². The first-order valence-electron chi connectivity index (χ1n) is 9.42. The number of rotatable bonds is 3. The maximum absolute atomic E-state index is 12.9. The fourth-order valence-corrected chi connectivity index (χ4v) is 3.57. The number of anilines is 1. The maximum atomic E-state index is 12.9. The minimum absolute atomic E-state index is 0.187. The predicted octanol–water partition coefficient (Wildman–Crippen LogP) is 3.97. The summed E-state index contributed by atoms with van der Waals surface area (Å²) in [6.07, 6.45) is 1.69. The number of hydrogen-bond acceptors (Lipinski definition) is 6. The Morgan fingerprint density at radius 3 is 2.72 bits per heavy atom. The third-order valence-corrected chi connectivity index (χ3v) is 5.08. The highest BCUT2D eigenvalue weighted by atomic mass is 19.4. The Kier molecular flexibility index (Phi) is 5.23. The molecule has 0 spiro atoms. The van der Waals surface area contributed by atoms with E-state index >= 15 is 0 Å². The van der Waals surface area contributed by atoms with E-state index in [1.165, 1.54) is 6.07 Å². The van der Waals surface area contributed by atoms with Crippen LogP contribution < -0.4 is 10.6 Å². The number of halogens is 3. The summed E-state index contributed by atoms with van der Waals surface area (Å²) in [6, 6.07) is 4.80. The van der Waals surface area contributed by atoms with Gasteiger partial charge in [-0.2, -0.15) is 13.2 Å². The molecule has 152 valence electrons. The molecule has 29 heavy (non-hydrogen) atoms. The molecular weight excluding hydrogens is 383 g/mol. The molecule has 1 saturated heterocycles. The van der Waals surface area contributed by atoms with Gasteiger partial charge in [-0.1, -0.05) is 0 Å². The van der Waals surface area contributed by atoms with Crippen molar-refractivity contribution in [2.75, 3.05) is 18.4 Å². The van der Waals surface area contributed by atoms with Gasteiger partial charge in [0.2, 0.25) is 0 Å². The molecular formula is C20H20F3N5O. The Hall–Kier alpha value is -2.94. The van der Waals surface area contributed by atoms with E-state index in [2.05, 4.69) is 25.8 Å². The summed E-state index contributed by atoms with van der Waals surface area (Å²) in [7, 11) is 0. The van der Waals surface area contributed by atoms with Gasteiger partial charge in [-0.3, -0.25) is 4.98 Å². The van der Waals surface area contributed by atoms with Gasteiger partial charge in [0.05, 0.1) is 5.56 Å². The smallest absolute Gasteiger partial charge is 0.416 e. The molecule has 0 bridgehead atoms. The molecule has 1 aliphatic heterocycles. The molecule has 1 aliphatic rings. The van der Waals surface area contributed by atoms with Crippen molar-refractivity contribution in [3.8, 4) is 17.0 Å². The van der Waals surface area contributed by atoms with Crippen molar-refractivity contribution in [3.05, 3.63) is 42.2 Å². The standard InChI is InChI=1S/C20H20F3N5O/c21-20(22,23)12-3-4-15(17(29)10-12)18-14-6-9-25-11-16(14)19(28-27-18)26-13-2-1-7-24-8-5-13/h3-4,6,9-11,13,24,29H,1-2,5,7-8H2,(H,26,28). The Bertz CT molecular complexity index is 1020. The molecule has 2 aromatic heterocycles. The molecule has 3 heterocycles. The lowest BCUT2D eigenvalue weighted by Gasteiger charge is -2.18. The minimum Gasteiger partial charge on any atom is -0.507 e. The van der Waals surface area contributed by atoms with Crippen LogP contribution in [0.15, 0.2) is 36.7 Å². The fraction of sp³-hybridized carbons (Fsp3) is 0.350. The second-order valence-electron chi connectivity index (χ2n) is 7.07. The van der Waals surface area contributed by atoms with Gasteiger partial charge in [-0.05, 0) is 56.6 Å². The quantitative estimate of drug-likeness (QED) is 0.614. The van der Waals surface area contributed by atoms with Crippen LogP contribution in [0.4, 0.5) is 19.0 Å². The van der Waals surface area contributed by atoms with Crippen molar-refractivity contribution in [1.82, 2.24) is 20.5 Å². The molecule has 4 rings (SSSR count). The third-order valence-electron chi connectivity index (χ3n) is 5.08. The lowest BCUT2D eigenvalue weighted by atomic mass is 10.0. The highest BCUT2D eigenvalue weighted by Gasteiger charge is 2.31. The monoisotopic (exact) mass is 403 g/mol. The van der Waals surface area contributed by atoms with Gasteiger partial charge in [-0.25, -0.2) is 0 Å². The van der Waals surface area contributed by atoms with E-state index < -0.39 is 17.5 Å². The first-order chi connectivity index (χ1) is 13.9. The van der Waals surface area contributed by atoms with E-state index in [9.17, 15) is 18.3 Å². The van der Waals surface area contributed by atoms with E-state index in [1.54, 1.807) is 18.5 Å². The summed E-state index contributed by atoms with van der Waals surface area (Å²) in [5.41, 5.74) is -0.424. The summed E-state index contributed by atoms with van der Waals surface area (Å²) in [5.74, 6) is 0.0814. The normalized spacial score (nSPS) is 17.8. The van der Waals surface area contributed by atoms with Crippen LogP contribution in [0.25, 0.3) is 22.0 Å². The van der Waals surface area contributed by atoms with Crippen molar-refractivity contribution in [2.45, 2.75) is 31.5 Å². The first-order valence-corrected chi connectivity index (χ1v) is 9.42. The van der Waals surface area contributed by atoms with Crippen LogP contribution in [0.5, 0.6) is 5.75 Å². The number of fused-ring (bicyclic) bond motifs is 1. The van der Waals surface area contributed by atoms with Gasteiger partial charge in [0.15, 0.2) is 5.82 Å². The predicted molar refractivity (Wildman–Crippen MR) is 104 cm³/mol. The second-order valence-corrected chi connectivity index (χ2v) is 7.07. The number of benzene rings is 1. The Labute approximate surface area is 165 Å². The van der Waals surface area contributed by atoms with E-state index in [0.29, 0.717) is 28.4 Å². The van der Waals surface area contributed by atoms with Crippen molar-refractivity contribution in [1.29, 1.82) is 0 Å². The van der Waals surface area contributed by atoms with E-state index in [0.717, 1.165) is 38.4 Å². The van der Waals surface area contributed by atoms with Crippen LogP contribution >= 0.6 is 0 Å². The van der Waals surface area contributed by atoms with Crippen molar-refractivity contribution in [2.24, 2.45) is 0 Å².